The molecular weight excluding hydrogens is 354 g/mol. The van der Waals surface area contributed by atoms with Gasteiger partial charge in [-0.3, -0.25) is 19.4 Å². The molecule has 3 heterocycles. The summed E-state index contributed by atoms with van der Waals surface area (Å²) in [5.74, 6) is -1.24. The minimum atomic E-state index is -0.863. The van der Waals surface area contributed by atoms with Crippen LogP contribution < -0.4 is 9.96 Å². The lowest BCUT2D eigenvalue weighted by atomic mass is 9.91. The number of para-hydroxylation sites is 2. The zero-order valence-electron chi connectivity index (χ0n) is 14.9. The molecule has 6 heteroatoms. The first-order valence-electron chi connectivity index (χ1n) is 9.09. The summed E-state index contributed by atoms with van der Waals surface area (Å²) in [6, 6.07) is 21.8. The molecular formula is C22H17N3O3. The molecule has 3 atom stereocenters. The number of anilines is 2. The number of pyridine rings is 1. The van der Waals surface area contributed by atoms with Gasteiger partial charge in [-0.15, -0.1) is 0 Å². The van der Waals surface area contributed by atoms with Crippen LogP contribution in [-0.2, 0) is 14.4 Å². The van der Waals surface area contributed by atoms with Crippen molar-refractivity contribution in [1.29, 1.82) is 0 Å². The molecule has 2 aromatic carbocycles. The van der Waals surface area contributed by atoms with E-state index in [-0.39, 0.29) is 11.8 Å². The van der Waals surface area contributed by atoms with Gasteiger partial charge in [0.1, 0.15) is 5.92 Å². The average Bonchev–Trinajstić information content (AvgIpc) is 3.26. The SMILES string of the molecule is O=C1[C@H]2[C@H](ON(c3ccccc3)[C@@H]2c2cccnc2)C(=O)N1c1ccccc1. The molecule has 0 bridgehead atoms. The summed E-state index contributed by atoms with van der Waals surface area (Å²) in [4.78, 5) is 37.9. The van der Waals surface area contributed by atoms with Gasteiger partial charge >= 0.3 is 0 Å². The van der Waals surface area contributed by atoms with Crippen molar-refractivity contribution in [2.75, 3.05) is 9.96 Å². The van der Waals surface area contributed by atoms with Crippen molar-refractivity contribution in [1.82, 2.24) is 4.98 Å². The Morgan fingerprint density at radius 2 is 1.46 bits per heavy atom. The first kappa shape index (κ1) is 16.6. The molecule has 0 saturated carbocycles. The fourth-order valence-electron chi connectivity index (χ4n) is 3.93. The molecule has 28 heavy (non-hydrogen) atoms. The van der Waals surface area contributed by atoms with Crippen LogP contribution in [0.3, 0.4) is 0 Å². The first-order chi connectivity index (χ1) is 13.8. The molecule has 138 valence electrons. The third-order valence-electron chi connectivity index (χ3n) is 5.17. The maximum Gasteiger partial charge on any atom is 0.266 e. The molecule has 0 aliphatic carbocycles. The van der Waals surface area contributed by atoms with Gasteiger partial charge in [-0.1, -0.05) is 42.5 Å². The van der Waals surface area contributed by atoms with Crippen LogP contribution in [0.5, 0.6) is 0 Å². The lowest BCUT2D eigenvalue weighted by Gasteiger charge is -2.28. The number of hydrogen-bond acceptors (Lipinski definition) is 5. The summed E-state index contributed by atoms with van der Waals surface area (Å²) >= 11 is 0. The van der Waals surface area contributed by atoms with E-state index in [1.165, 1.54) is 4.90 Å². The van der Waals surface area contributed by atoms with Crippen molar-refractivity contribution in [2.45, 2.75) is 12.1 Å². The Labute approximate surface area is 161 Å². The summed E-state index contributed by atoms with van der Waals surface area (Å²) in [5, 5.41) is 1.67. The molecule has 2 aliphatic heterocycles. The summed E-state index contributed by atoms with van der Waals surface area (Å²) in [7, 11) is 0. The van der Waals surface area contributed by atoms with Crippen LogP contribution in [0.15, 0.2) is 85.2 Å². The molecule has 0 radical (unpaired) electrons. The van der Waals surface area contributed by atoms with Gasteiger partial charge in [-0.2, -0.15) is 0 Å². The molecule has 6 nitrogen and oxygen atoms in total. The highest BCUT2D eigenvalue weighted by atomic mass is 16.7. The normalized spacial score (nSPS) is 23.9. The second-order valence-electron chi connectivity index (χ2n) is 6.79. The quantitative estimate of drug-likeness (QED) is 0.662. The van der Waals surface area contributed by atoms with E-state index in [9.17, 15) is 9.59 Å². The summed E-state index contributed by atoms with van der Waals surface area (Å²) in [6.45, 7) is 0. The molecule has 0 spiro atoms. The number of carbonyl (C=O) groups excluding carboxylic acids is 2. The molecule has 2 amide bonds. The molecule has 2 saturated heterocycles. The van der Waals surface area contributed by atoms with Crippen molar-refractivity contribution < 1.29 is 14.4 Å². The Kier molecular flexibility index (Phi) is 3.91. The molecule has 3 aromatic rings. The smallest absolute Gasteiger partial charge is 0.266 e. The van der Waals surface area contributed by atoms with Crippen LogP contribution in [0.2, 0.25) is 0 Å². The maximum absolute atomic E-state index is 13.3. The predicted molar refractivity (Wildman–Crippen MR) is 103 cm³/mol. The van der Waals surface area contributed by atoms with Crippen LogP contribution in [0.4, 0.5) is 11.4 Å². The standard InChI is InChI=1S/C22H17N3O3/c26-21-18-19(15-8-7-13-23-14-15)25(17-11-5-2-6-12-17)28-20(18)22(27)24(21)16-9-3-1-4-10-16/h1-14,18-20H/t18-,19-,20+/m1/s1. The average molecular weight is 371 g/mol. The van der Waals surface area contributed by atoms with Crippen LogP contribution >= 0.6 is 0 Å². The maximum atomic E-state index is 13.3. The summed E-state index contributed by atoms with van der Waals surface area (Å²) in [5.41, 5.74) is 2.18. The monoisotopic (exact) mass is 371 g/mol. The molecule has 0 unspecified atom stereocenters. The minimum absolute atomic E-state index is 0.256. The number of hydroxylamine groups is 1. The van der Waals surface area contributed by atoms with E-state index in [4.69, 9.17) is 4.84 Å². The number of amides is 2. The Morgan fingerprint density at radius 3 is 2.11 bits per heavy atom. The molecule has 0 N–H and O–H groups in total. The lowest BCUT2D eigenvalue weighted by Crippen LogP contribution is -2.37. The third kappa shape index (κ3) is 2.50. The summed E-state index contributed by atoms with van der Waals surface area (Å²) in [6.07, 6.45) is 2.54. The van der Waals surface area contributed by atoms with E-state index in [0.717, 1.165) is 11.3 Å². The zero-order chi connectivity index (χ0) is 19.1. The number of aromatic nitrogens is 1. The second-order valence-corrected chi connectivity index (χ2v) is 6.79. The molecule has 5 rings (SSSR count). The van der Waals surface area contributed by atoms with Crippen LogP contribution in [0.25, 0.3) is 0 Å². The number of benzene rings is 2. The number of carbonyl (C=O) groups is 2. The van der Waals surface area contributed by atoms with Gasteiger partial charge in [-0.25, -0.2) is 9.96 Å². The number of rotatable bonds is 3. The van der Waals surface area contributed by atoms with Gasteiger partial charge in [0.25, 0.3) is 5.91 Å². The predicted octanol–water partition coefficient (Wildman–Crippen LogP) is 3.13. The number of fused-ring (bicyclic) bond motifs is 1. The Morgan fingerprint density at radius 1 is 0.786 bits per heavy atom. The van der Waals surface area contributed by atoms with E-state index in [2.05, 4.69) is 4.98 Å². The van der Waals surface area contributed by atoms with Gasteiger partial charge in [0, 0.05) is 12.4 Å². The third-order valence-corrected chi connectivity index (χ3v) is 5.17. The van der Waals surface area contributed by atoms with Crippen molar-refractivity contribution >= 4 is 23.2 Å². The van der Waals surface area contributed by atoms with Gasteiger partial charge in [0.05, 0.1) is 17.4 Å². The topological polar surface area (TPSA) is 62.7 Å². The highest BCUT2D eigenvalue weighted by Crippen LogP contribution is 2.47. The van der Waals surface area contributed by atoms with E-state index < -0.39 is 18.1 Å². The number of hydrogen-bond donors (Lipinski definition) is 0. The lowest BCUT2D eigenvalue weighted by molar-refractivity contribution is -0.126. The van der Waals surface area contributed by atoms with E-state index in [1.54, 1.807) is 41.7 Å². The minimum Gasteiger partial charge on any atom is -0.273 e. The van der Waals surface area contributed by atoms with Crippen LogP contribution in [0.1, 0.15) is 11.6 Å². The fourth-order valence-corrected chi connectivity index (χ4v) is 3.93. The van der Waals surface area contributed by atoms with Crippen LogP contribution in [-0.4, -0.2) is 22.9 Å². The van der Waals surface area contributed by atoms with Gasteiger partial charge in [0.15, 0.2) is 6.10 Å². The summed E-state index contributed by atoms with van der Waals surface area (Å²) < 4.78 is 0. The zero-order valence-corrected chi connectivity index (χ0v) is 14.9. The highest BCUT2D eigenvalue weighted by molar-refractivity contribution is 6.23. The first-order valence-corrected chi connectivity index (χ1v) is 9.09. The second kappa shape index (κ2) is 6.58. The van der Waals surface area contributed by atoms with Crippen molar-refractivity contribution in [3.63, 3.8) is 0 Å². The Balaban J connectivity index is 1.59. The van der Waals surface area contributed by atoms with E-state index >= 15 is 0 Å². The van der Waals surface area contributed by atoms with Crippen molar-refractivity contribution in [2.24, 2.45) is 5.92 Å². The van der Waals surface area contributed by atoms with Gasteiger partial charge < -0.3 is 0 Å². The fraction of sp³-hybridized carbons (Fsp3) is 0.136. The Hall–Kier alpha value is -3.51. The number of nitrogens with zero attached hydrogens (tertiary/aromatic N) is 3. The molecule has 2 fully saturated rings. The Bertz CT molecular complexity index is 1010. The van der Waals surface area contributed by atoms with Crippen LogP contribution in [0, 0.1) is 5.92 Å². The van der Waals surface area contributed by atoms with Crippen molar-refractivity contribution in [3.8, 4) is 0 Å². The van der Waals surface area contributed by atoms with Crippen molar-refractivity contribution in [3.05, 3.63) is 90.8 Å². The van der Waals surface area contributed by atoms with Gasteiger partial charge in [0.2, 0.25) is 5.91 Å². The van der Waals surface area contributed by atoms with E-state index in [1.807, 2.05) is 48.5 Å². The largest absolute Gasteiger partial charge is 0.273 e. The molecule has 1 aromatic heterocycles. The van der Waals surface area contributed by atoms with E-state index in [0.29, 0.717) is 5.69 Å². The number of imide groups is 1. The molecule has 2 aliphatic rings. The van der Waals surface area contributed by atoms with Gasteiger partial charge in [-0.05, 0) is 35.9 Å². The highest BCUT2D eigenvalue weighted by Gasteiger charge is 2.60.